The molecule has 2 aromatic heterocycles. The Morgan fingerprint density at radius 2 is 1.84 bits per heavy atom. The van der Waals surface area contributed by atoms with E-state index in [1.165, 1.54) is 6.20 Å². The van der Waals surface area contributed by atoms with E-state index >= 15 is 0 Å². The van der Waals surface area contributed by atoms with Crippen LogP contribution in [-0.2, 0) is 0 Å². The molecule has 0 unspecified atom stereocenters. The first-order chi connectivity index (χ1) is 9.22. The molecule has 0 aliphatic rings. The van der Waals surface area contributed by atoms with Gasteiger partial charge in [0.2, 0.25) is 5.82 Å². The number of nitrogens with zero attached hydrogens (tertiary/aromatic N) is 3. The van der Waals surface area contributed by atoms with Gasteiger partial charge in [0.1, 0.15) is 11.4 Å². The van der Waals surface area contributed by atoms with Crippen molar-refractivity contribution in [3.63, 3.8) is 0 Å². The van der Waals surface area contributed by atoms with Crippen LogP contribution in [0.2, 0.25) is 0 Å². The summed E-state index contributed by atoms with van der Waals surface area (Å²) in [4.78, 5) is 8.36. The smallest absolute Gasteiger partial charge is 0.276 e. The standard InChI is InChI=1S/C13H10N4O2/c14-9-3-6-11(15-7-9)13-16-12(17-19-13)8-1-4-10(18)5-2-8/h1-7,18H,14H2. The van der Waals surface area contributed by atoms with E-state index in [0.29, 0.717) is 23.1 Å². The molecule has 0 bridgehead atoms. The van der Waals surface area contributed by atoms with Gasteiger partial charge in [-0.05, 0) is 36.4 Å². The topological polar surface area (TPSA) is 98.1 Å². The first kappa shape index (κ1) is 11.2. The second kappa shape index (κ2) is 4.41. The summed E-state index contributed by atoms with van der Waals surface area (Å²) >= 11 is 0. The van der Waals surface area contributed by atoms with Gasteiger partial charge in [-0.3, -0.25) is 0 Å². The predicted molar refractivity (Wildman–Crippen MR) is 69.0 cm³/mol. The highest BCUT2D eigenvalue weighted by Gasteiger charge is 2.11. The van der Waals surface area contributed by atoms with Crippen molar-refractivity contribution in [3.05, 3.63) is 42.6 Å². The Morgan fingerprint density at radius 3 is 2.53 bits per heavy atom. The number of nitrogen functional groups attached to an aromatic ring is 1. The van der Waals surface area contributed by atoms with Gasteiger partial charge in [-0.25, -0.2) is 4.98 Å². The molecule has 3 aromatic rings. The van der Waals surface area contributed by atoms with Gasteiger partial charge in [0.25, 0.3) is 5.89 Å². The van der Waals surface area contributed by atoms with E-state index in [1.807, 2.05) is 0 Å². The number of phenols is 1. The van der Waals surface area contributed by atoms with Gasteiger partial charge < -0.3 is 15.4 Å². The Kier molecular flexibility index (Phi) is 2.60. The zero-order valence-electron chi connectivity index (χ0n) is 9.82. The number of aromatic nitrogens is 3. The number of phenolic OH excluding ortho intramolecular Hbond substituents is 1. The summed E-state index contributed by atoms with van der Waals surface area (Å²) in [6.07, 6.45) is 1.53. The molecule has 94 valence electrons. The Balaban J connectivity index is 1.95. The molecule has 0 amide bonds. The van der Waals surface area contributed by atoms with Crippen LogP contribution in [0.25, 0.3) is 23.0 Å². The van der Waals surface area contributed by atoms with Crippen LogP contribution in [0.5, 0.6) is 5.75 Å². The van der Waals surface area contributed by atoms with Gasteiger partial charge >= 0.3 is 0 Å². The Morgan fingerprint density at radius 1 is 1.05 bits per heavy atom. The highest BCUT2D eigenvalue weighted by molar-refractivity contribution is 5.59. The lowest BCUT2D eigenvalue weighted by Crippen LogP contribution is -1.88. The van der Waals surface area contributed by atoms with Crippen molar-refractivity contribution in [1.82, 2.24) is 15.1 Å². The number of nitrogens with two attached hydrogens (primary N) is 1. The third kappa shape index (κ3) is 2.23. The zero-order valence-corrected chi connectivity index (χ0v) is 9.82. The van der Waals surface area contributed by atoms with Crippen molar-refractivity contribution in [3.8, 4) is 28.7 Å². The van der Waals surface area contributed by atoms with Crippen LogP contribution in [0.15, 0.2) is 47.1 Å². The van der Waals surface area contributed by atoms with E-state index in [1.54, 1.807) is 36.4 Å². The Labute approximate surface area is 108 Å². The highest BCUT2D eigenvalue weighted by atomic mass is 16.5. The monoisotopic (exact) mass is 254 g/mol. The van der Waals surface area contributed by atoms with E-state index in [-0.39, 0.29) is 5.75 Å². The molecule has 3 rings (SSSR count). The van der Waals surface area contributed by atoms with Gasteiger partial charge in [-0.2, -0.15) is 4.98 Å². The van der Waals surface area contributed by atoms with E-state index in [0.717, 1.165) is 5.56 Å². The average Bonchev–Trinajstić information content (AvgIpc) is 2.90. The Bertz CT molecular complexity index is 629. The molecule has 0 saturated carbocycles. The van der Waals surface area contributed by atoms with Crippen molar-refractivity contribution < 1.29 is 9.63 Å². The van der Waals surface area contributed by atoms with Crippen LogP contribution in [0.3, 0.4) is 0 Å². The summed E-state index contributed by atoms with van der Waals surface area (Å²) in [6.45, 7) is 0. The Hall–Kier alpha value is -2.89. The maximum atomic E-state index is 9.23. The fraction of sp³-hybridized carbons (Fsp3) is 0. The number of anilines is 1. The SMILES string of the molecule is Nc1ccc(-c2nc(-c3ccc(O)cc3)no2)nc1. The molecule has 0 aliphatic carbocycles. The first-order valence-electron chi connectivity index (χ1n) is 5.57. The molecule has 0 radical (unpaired) electrons. The number of pyridine rings is 1. The first-order valence-corrected chi connectivity index (χ1v) is 5.57. The predicted octanol–water partition coefficient (Wildman–Crippen LogP) is 2.09. The van der Waals surface area contributed by atoms with E-state index in [4.69, 9.17) is 10.3 Å². The number of hydrogen-bond donors (Lipinski definition) is 2. The lowest BCUT2D eigenvalue weighted by atomic mass is 10.2. The van der Waals surface area contributed by atoms with E-state index in [2.05, 4.69) is 15.1 Å². The summed E-state index contributed by atoms with van der Waals surface area (Å²) in [5.41, 5.74) is 7.45. The van der Waals surface area contributed by atoms with Crippen LogP contribution < -0.4 is 5.73 Å². The fourth-order valence-electron chi connectivity index (χ4n) is 1.59. The van der Waals surface area contributed by atoms with Gasteiger partial charge in [-0.15, -0.1) is 0 Å². The minimum Gasteiger partial charge on any atom is -0.508 e. The lowest BCUT2D eigenvalue weighted by Gasteiger charge is -1.94. The molecule has 19 heavy (non-hydrogen) atoms. The number of benzene rings is 1. The second-order valence-corrected chi connectivity index (χ2v) is 3.95. The molecule has 0 spiro atoms. The fourth-order valence-corrected chi connectivity index (χ4v) is 1.59. The van der Waals surface area contributed by atoms with Crippen molar-refractivity contribution >= 4 is 5.69 Å². The molecule has 6 nitrogen and oxygen atoms in total. The van der Waals surface area contributed by atoms with Gasteiger partial charge in [0.05, 0.1) is 11.9 Å². The summed E-state index contributed by atoms with van der Waals surface area (Å²) in [5.74, 6) is 0.948. The maximum Gasteiger partial charge on any atom is 0.276 e. The van der Waals surface area contributed by atoms with Crippen LogP contribution >= 0.6 is 0 Å². The molecule has 1 aromatic carbocycles. The molecule has 0 fully saturated rings. The molecular weight excluding hydrogens is 244 g/mol. The lowest BCUT2D eigenvalue weighted by molar-refractivity contribution is 0.431. The van der Waals surface area contributed by atoms with Crippen molar-refractivity contribution in [2.45, 2.75) is 0 Å². The van der Waals surface area contributed by atoms with E-state index < -0.39 is 0 Å². The third-order valence-electron chi connectivity index (χ3n) is 2.56. The summed E-state index contributed by atoms with van der Waals surface area (Å²) in [7, 11) is 0. The quantitative estimate of drug-likeness (QED) is 0.726. The third-order valence-corrected chi connectivity index (χ3v) is 2.56. The van der Waals surface area contributed by atoms with Crippen LogP contribution in [0, 0.1) is 0 Å². The van der Waals surface area contributed by atoms with Gasteiger partial charge in [0, 0.05) is 5.56 Å². The van der Waals surface area contributed by atoms with Crippen LogP contribution in [0.1, 0.15) is 0 Å². The zero-order chi connectivity index (χ0) is 13.2. The van der Waals surface area contributed by atoms with Crippen molar-refractivity contribution in [2.24, 2.45) is 0 Å². The maximum absolute atomic E-state index is 9.23. The molecule has 0 saturated heterocycles. The molecular formula is C13H10N4O2. The number of hydrogen-bond acceptors (Lipinski definition) is 6. The van der Waals surface area contributed by atoms with Gasteiger partial charge in [0.15, 0.2) is 0 Å². The van der Waals surface area contributed by atoms with E-state index in [9.17, 15) is 5.11 Å². The number of aromatic hydroxyl groups is 1. The molecule has 0 aliphatic heterocycles. The minimum atomic E-state index is 0.188. The van der Waals surface area contributed by atoms with Crippen molar-refractivity contribution in [1.29, 1.82) is 0 Å². The second-order valence-electron chi connectivity index (χ2n) is 3.95. The highest BCUT2D eigenvalue weighted by Crippen LogP contribution is 2.22. The molecule has 2 heterocycles. The summed E-state index contributed by atoms with van der Waals surface area (Å²) in [5, 5.41) is 13.1. The normalized spacial score (nSPS) is 10.5. The summed E-state index contributed by atoms with van der Waals surface area (Å²) in [6, 6.07) is 9.97. The minimum absolute atomic E-state index is 0.188. The van der Waals surface area contributed by atoms with Crippen molar-refractivity contribution in [2.75, 3.05) is 5.73 Å². The molecule has 6 heteroatoms. The largest absolute Gasteiger partial charge is 0.508 e. The molecule has 3 N–H and O–H groups in total. The average molecular weight is 254 g/mol. The summed E-state index contributed by atoms with van der Waals surface area (Å²) < 4.78 is 5.15. The number of rotatable bonds is 2. The molecule has 0 atom stereocenters. The van der Waals surface area contributed by atoms with Crippen LogP contribution in [0.4, 0.5) is 5.69 Å². The van der Waals surface area contributed by atoms with Crippen LogP contribution in [-0.4, -0.2) is 20.2 Å². The van der Waals surface area contributed by atoms with Gasteiger partial charge in [-0.1, -0.05) is 5.16 Å².